The normalized spacial score (nSPS) is 13.5. The molecule has 10 heteroatoms. The smallest absolute Gasteiger partial charge is 0.321 e. The molecule has 9 nitrogen and oxygen atoms in total. The van der Waals surface area contributed by atoms with Gasteiger partial charge in [-0.05, 0) is 19.9 Å². The van der Waals surface area contributed by atoms with Gasteiger partial charge in [-0.3, -0.25) is 14.9 Å². The quantitative estimate of drug-likeness (QED) is 0.751. The highest BCUT2D eigenvalue weighted by Crippen LogP contribution is 2.28. The number of anilines is 1. The van der Waals surface area contributed by atoms with Gasteiger partial charge in [-0.2, -0.15) is 5.10 Å². The summed E-state index contributed by atoms with van der Waals surface area (Å²) in [7, 11) is 0. The molecule has 1 aliphatic heterocycles. The van der Waals surface area contributed by atoms with Gasteiger partial charge in [-0.15, -0.1) is 0 Å². The molecule has 0 aromatic carbocycles. The molecule has 0 radical (unpaired) electrons. The summed E-state index contributed by atoms with van der Waals surface area (Å²) in [4.78, 5) is 42.3. The van der Waals surface area contributed by atoms with E-state index in [0.717, 1.165) is 10.6 Å². The highest BCUT2D eigenvalue weighted by molar-refractivity contribution is 7.15. The van der Waals surface area contributed by atoms with Crippen LogP contribution in [0.3, 0.4) is 0 Å². The van der Waals surface area contributed by atoms with Gasteiger partial charge < -0.3 is 10.2 Å². The maximum absolute atomic E-state index is 12.5. The van der Waals surface area contributed by atoms with E-state index < -0.39 is 0 Å². The summed E-state index contributed by atoms with van der Waals surface area (Å²) in [6, 6.07) is 2.42. The number of hydrogen-bond acceptors (Lipinski definition) is 6. The highest BCUT2D eigenvalue weighted by atomic mass is 32.1. The number of amides is 3. The number of aromatic nitrogens is 3. The number of nitrogens with one attached hydrogen (secondary N) is 3. The second-order valence-corrected chi connectivity index (χ2v) is 7.01. The molecular formula is C15H18N6O3S. The van der Waals surface area contributed by atoms with E-state index in [9.17, 15) is 14.4 Å². The number of aromatic amines is 1. The molecule has 0 fully saturated rings. The van der Waals surface area contributed by atoms with E-state index in [-0.39, 0.29) is 29.2 Å². The molecule has 0 atom stereocenters. The van der Waals surface area contributed by atoms with Crippen molar-refractivity contribution >= 4 is 28.4 Å². The number of H-pyrrole nitrogens is 1. The number of urea groups is 1. The Labute approximate surface area is 147 Å². The van der Waals surface area contributed by atoms with Crippen LogP contribution in [-0.2, 0) is 13.0 Å². The lowest BCUT2D eigenvalue weighted by atomic mass is 10.1. The summed E-state index contributed by atoms with van der Waals surface area (Å²) in [6.07, 6.45) is 0.606. The predicted molar refractivity (Wildman–Crippen MR) is 92.7 cm³/mol. The summed E-state index contributed by atoms with van der Waals surface area (Å²) in [5.74, 6) is -0.248. The first-order chi connectivity index (χ1) is 11.9. The van der Waals surface area contributed by atoms with Crippen molar-refractivity contribution < 1.29 is 9.59 Å². The number of hydrogen-bond donors (Lipinski definition) is 3. The highest BCUT2D eigenvalue weighted by Gasteiger charge is 2.26. The molecule has 0 spiro atoms. The number of fused-ring (bicyclic) bond motifs is 1. The van der Waals surface area contributed by atoms with E-state index in [4.69, 9.17) is 0 Å². The minimum Gasteiger partial charge on any atom is -0.336 e. The molecule has 0 saturated carbocycles. The topological polar surface area (TPSA) is 120 Å². The van der Waals surface area contributed by atoms with Crippen molar-refractivity contribution in [2.24, 2.45) is 0 Å². The Morgan fingerprint density at radius 1 is 1.36 bits per heavy atom. The third-order valence-electron chi connectivity index (χ3n) is 3.56. The second-order valence-electron chi connectivity index (χ2n) is 5.93. The van der Waals surface area contributed by atoms with Gasteiger partial charge in [-0.25, -0.2) is 14.9 Å². The van der Waals surface area contributed by atoms with Gasteiger partial charge in [0.1, 0.15) is 5.69 Å². The fourth-order valence-electron chi connectivity index (χ4n) is 2.44. The van der Waals surface area contributed by atoms with E-state index in [1.54, 1.807) is 4.90 Å². The van der Waals surface area contributed by atoms with Crippen LogP contribution in [0.4, 0.5) is 9.93 Å². The van der Waals surface area contributed by atoms with Crippen molar-refractivity contribution in [2.75, 3.05) is 11.9 Å². The van der Waals surface area contributed by atoms with E-state index in [2.05, 4.69) is 25.8 Å². The van der Waals surface area contributed by atoms with Crippen LogP contribution in [-0.4, -0.2) is 44.6 Å². The van der Waals surface area contributed by atoms with Crippen molar-refractivity contribution in [3.63, 3.8) is 0 Å². The fourth-order valence-corrected chi connectivity index (χ4v) is 3.46. The number of nitrogens with zero attached hydrogens (tertiary/aromatic N) is 3. The Balaban J connectivity index is 1.69. The largest absolute Gasteiger partial charge is 0.336 e. The van der Waals surface area contributed by atoms with Crippen molar-refractivity contribution in [1.29, 1.82) is 0 Å². The van der Waals surface area contributed by atoms with E-state index in [1.165, 1.54) is 23.5 Å². The number of carbonyl (C=O) groups is 2. The maximum Gasteiger partial charge on any atom is 0.321 e. The molecule has 3 heterocycles. The summed E-state index contributed by atoms with van der Waals surface area (Å²) < 4.78 is 0. The Bertz CT molecular complexity index is 839. The summed E-state index contributed by atoms with van der Waals surface area (Å²) in [6.45, 7) is 4.66. The van der Waals surface area contributed by atoms with Crippen LogP contribution in [0, 0.1) is 0 Å². The zero-order chi connectivity index (χ0) is 18.0. The van der Waals surface area contributed by atoms with Gasteiger partial charge in [0, 0.05) is 30.0 Å². The molecule has 2 aromatic heterocycles. The molecule has 0 unspecified atom stereocenters. The van der Waals surface area contributed by atoms with Crippen LogP contribution < -0.4 is 16.2 Å². The lowest BCUT2D eigenvalue weighted by Crippen LogP contribution is -2.36. The molecule has 132 valence electrons. The molecule has 0 saturated heterocycles. The van der Waals surface area contributed by atoms with Crippen molar-refractivity contribution in [3.8, 4) is 0 Å². The van der Waals surface area contributed by atoms with Crippen LogP contribution in [0.2, 0.25) is 0 Å². The van der Waals surface area contributed by atoms with Gasteiger partial charge in [-0.1, -0.05) is 11.3 Å². The molecule has 25 heavy (non-hydrogen) atoms. The summed E-state index contributed by atoms with van der Waals surface area (Å²) >= 11 is 1.35. The van der Waals surface area contributed by atoms with Crippen LogP contribution in [0.15, 0.2) is 16.9 Å². The van der Waals surface area contributed by atoms with Crippen LogP contribution >= 0.6 is 11.3 Å². The van der Waals surface area contributed by atoms with Crippen molar-refractivity contribution in [1.82, 2.24) is 25.4 Å². The zero-order valence-electron chi connectivity index (χ0n) is 13.8. The van der Waals surface area contributed by atoms with Gasteiger partial charge in [0.2, 0.25) is 0 Å². The van der Waals surface area contributed by atoms with Gasteiger partial charge in [0.25, 0.3) is 11.5 Å². The van der Waals surface area contributed by atoms with E-state index in [1.807, 2.05) is 13.8 Å². The molecule has 1 aliphatic rings. The third kappa shape index (κ3) is 4.02. The summed E-state index contributed by atoms with van der Waals surface area (Å²) in [5, 5.41) is 12.0. The average Bonchev–Trinajstić information content (AvgIpc) is 2.95. The lowest BCUT2D eigenvalue weighted by molar-refractivity contribution is 0.0729. The maximum atomic E-state index is 12.5. The molecule has 0 bridgehead atoms. The molecular weight excluding hydrogens is 344 g/mol. The van der Waals surface area contributed by atoms with Crippen molar-refractivity contribution in [3.05, 3.63) is 38.8 Å². The third-order valence-corrected chi connectivity index (χ3v) is 4.55. The number of rotatable bonds is 3. The monoisotopic (exact) mass is 362 g/mol. The molecule has 3 rings (SSSR count). The minimum absolute atomic E-state index is 0.0347. The Kier molecular flexibility index (Phi) is 4.79. The van der Waals surface area contributed by atoms with E-state index >= 15 is 0 Å². The van der Waals surface area contributed by atoms with Crippen LogP contribution in [0.1, 0.15) is 34.9 Å². The van der Waals surface area contributed by atoms with Gasteiger partial charge in [0.15, 0.2) is 5.13 Å². The van der Waals surface area contributed by atoms with Crippen LogP contribution in [0.25, 0.3) is 0 Å². The molecule has 0 aliphatic carbocycles. The lowest BCUT2D eigenvalue weighted by Gasteiger charge is -2.25. The fraction of sp³-hybridized carbons (Fsp3) is 0.400. The second kappa shape index (κ2) is 7.01. The Morgan fingerprint density at radius 2 is 2.16 bits per heavy atom. The minimum atomic E-state index is -0.352. The molecule has 2 aromatic rings. The first-order valence-electron chi connectivity index (χ1n) is 7.83. The predicted octanol–water partition coefficient (Wildman–Crippen LogP) is 0.955. The molecule has 3 N–H and O–H groups in total. The number of thiazole rings is 1. The van der Waals surface area contributed by atoms with Crippen LogP contribution in [0.5, 0.6) is 0 Å². The first kappa shape index (κ1) is 17.1. The zero-order valence-corrected chi connectivity index (χ0v) is 14.6. The van der Waals surface area contributed by atoms with Crippen molar-refractivity contribution in [2.45, 2.75) is 32.9 Å². The average molecular weight is 362 g/mol. The SMILES string of the molecule is CC(C)NC(=O)Nc1nc2c(s1)CN(C(=O)c1ccc(=O)[nH]n1)CC2. The van der Waals surface area contributed by atoms with E-state index in [0.29, 0.717) is 24.6 Å². The number of carbonyl (C=O) groups excluding carboxylic acids is 2. The standard InChI is InChI=1S/C15H18N6O3S/c1-8(2)16-14(24)18-15-17-9-5-6-21(7-11(9)25-15)13(23)10-3-4-12(22)20-19-10/h3-4,8H,5-7H2,1-2H3,(H,20,22)(H2,16,17,18,24). The molecule has 3 amide bonds. The Morgan fingerprint density at radius 3 is 2.84 bits per heavy atom. The van der Waals surface area contributed by atoms with Gasteiger partial charge >= 0.3 is 6.03 Å². The Hall–Kier alpha value is -2.75. The summed E-state index contributed by atoms with van der Waals surface area (Å²) in [5.41, 5.74) is 0.737. The first-order valence-corrected chi connectivity index (χ1v) is 8.65. The van der Waals surface area contributed by atoms with Gasteiger partial charge in [0.05, 0.1) is 12.2 Å².